The summed E-state index contributed by atoms with van der Waals surface area (Å²) < 4.78 is 54.9. The Balaban J connectivity index is 1.69. The van der Waals surface area contributed by atoms with Gasteiger partial charge in [0.2, 0.25) is 17.8 Å². The first-order chi connectivity index (χ1) is 17.9. The van der Waals surface area contributed by atoms with Crippen LogP contribution >= 0.6 is 0 Å². The summed E-state index contributed by atoms with van der Waals surface area (Å²) in [6.45, 7) is 5.74. The Kier molecular flexibility index (Phi) is 7.49. The zero-order valence-electron chi connectivity index (χ0n) is 21.1. The number of pyridine rings is 1. The quantitative estimate of drug-likeness (QED) is 0.299. The number of rotatable bonds is 9. The molecular weight excluding hydrogens is 500 g/mol. The predicted molar refractivity (Wildman–Crippen MR) is 136 cm³/mol. The molecule has 200 valence electrons. The smallest absolute Gasteiger partial charge is 0.286 e. The first-order valence-electron chi connectivity index (χ1n) is 12.3. The second-order valence-corrected chi connectivity index (χ2v) is 9.66. The molecule has 4 rings (SSSR count). The van der Waals surface area contributed by atoms with E-state index in [2.05, 4.69) is 48.2 Å². The van der Waals surface area contributed by atoms with E-state index in [9.17, 15) is 22.8 Å². The normalized spacial score (nSPS) is 19.1. The molecule has 8 nitrogen and oxygen atoms in total. The zero-order chi connectivity index (χ0) is 27.6. The van der Waals surface area contributed by atoms with Crippen LogP contribution in [0.3, 0.4) is 0 Å². The van der Waals surface area contributed by atoms with Gasteiger partial charge in [0, 0.05) is 37.7 Å². The highest BCUT2D eigenvalue weighted by Crippen LogP contribution is 2.47. The first-order valence-corrected chi connectivity index (χ1v) is 12.3. The summed E-state index contributed by atoms with van der Waals surface area (Å²) in [6.07, 6.45) is 5.99. The van der Waals surface area contributed by atoms with Crippen molar-refractivity contribution in [1.29, 1.82) is 5.26 Å². The maximum atomic E-state index is 13.8. The minimum Gasteiger partial charge on any atom is -0.351 e. The summed E-state index contributed by atoms with van der Waals surface area (Å²) in [5.41, 5.74) is -0.0617. The largest absolute Gasteiger partial charge is 0.351 e. The Morgan fingerprint density at radius 3 is 2.47 bits per heavy atom. The fourth-order valence-corrected chi connectivity index (χ4v) is 3.99. The molecule has 2 aliphatic rings. The van der Waals surface area contributed by atoms with Gasteiger partial charge in [0.05, 0.1) is 17.2 Å². The molecule has 38 heavy (non-hydrogen) atoms. The van der Waals surface area contributed by atoms with Crippen LogP contribution in [-0.4, -0.2) is 43.5 Å². The molecule has 2 N–H and O–H groups in total. The molecule has 0 atom stereocenters. The summed E-state index contributed by atoms with van der Waals surface area (Å²) >= 11 is 0. The lowest BCUT2D eigenvalue weighted by molar-refractivity contribution is -0.0361. The molecule has 2 aromatic heterocycles. The van der Waals surface area contributed by atoms with Crippen molar-refractivity contribution in [2.75, 3.05) is 10.6 Å². The molecule has 0 unspecified atom stereocenters. The lowest BCUT2D eigenvalue weighted by Crippen LogP contribution is -2.32. The number of nitriles is 1. The standard InChI is InChI=1S/C26H28F4N8/c1-4-5-19(33-16(2)24(3,27)28)21-36-22(34-17-6-9-26(29,30)10-7-17)38-23(37-21)35-18-8-13-32-20(14-18)25(15-31)11-12-25/h4-5,8,13-14,17H,2,6-7,9-12H2,1,3H3,(H2,32,34,35,36,37,38)/b5-4-,33-19?. The van der Waals surface area contributed by atoms with Gasteiger partial charge in [0.25, 0.3) is 5.92 Å². The molecule has 2 aliphatic carbocycles. The number of aliphatic imine (C=N–C) groups is 1. The van der Waals surface area contributed by atoms with Crippen LogP contribution in [0.25, 0.3) is 0 Å². The van der Waals surface area contributed by atoms with Crippen LogP contribution < -0.4 is 10.6 Å². The van der Waals surface area contributed by atoms with Crippen molar-refractivity contribution < 1.29 is 17.6 Å². The Hall–Kier alpha value is -3.88. The number of hydrogen-bond donors (Lipinski definition) is 2. The number of alkyl halides is 4. The highest BCUT2D eigenvalue weighted by molar-refractivity contribution is 6.06. The van der Waals surface area contributed by atoms with Gasteiger partial charge in [-0.25, -0.2) is 13.8 Å². The van der Waals surface area contributed by atoms with E-state index in [4.69, 9.17) is 0 Å². The Morgan fingerprint density at radius 2 is 1.87 bits per heavy atom. The molecular formula is C26H28F4N8. The van der Waals surface area contributed by atoms with Crippen molar-refractivity contribution in [2.45, 2.75) is 75.7 Å². The van der Waals surface area contributed by atoms with Crippen molar-refractivity contribution in [1.82, 2.24) is 19.9 Å². The van der Waals surface area contributed by atoms with Crippen LogP contribution in [0.2, 0.25) is 0 Å². The fraction of sp³-hybridized carbons (Fsp3) is 0.462. The molecule has 0 amide bonds. The van der Waals surface area contributed by atoms with Gasteiger partial charge in [0.1, 0.15) is 11.4 Å². The summed E-state index contributed by atoms with van der Waals surface area (Å²) in [6, 6.07) is 5.41. The van der Waals surface area contributed by atoms with Crippen LogP contribution in [0.1, 0.15) is 63.9 Å². The number of nitrogens with zero attached hydrogens (tertiary/aromatic N) is 6. The Morgan fingerprint density at radius 1 is 1.18 bits per heavy atom. The topological polar surface area (TPSA) is 112 Å². The van der Waals surface area contributed by atoms with Crippen molar-refractivity contribution in [3.8, 4) is 6.07 Å². The number of aromatic nitrogens is 4. The second kappa shape index (κ2) is 10.5. The van der Waals surface area contributed by atoms with E-state index >= 15 is 0 Å². The third-order valence-corrected chi connectivity index (χ3v) is 6.47. The second-order valence-electron chi connectivity index (χ2n) is 9.66. The van der Waals surface area contributed by atoms with Gasteiger partial charge < -0.3 is 10.6 Å². The average molecular weight is 529 g/mol. The van der Waals surface area contributed by atoms with Crippen molar-refractivity contribution in [3.63, 3.8) is 0 Å². The lowest BCUT2D eigenvalue weighted by atomic mass is 9.92. The number of nitrogens with one attached hydrogen (secondary N) is 2. The van der Waals surface area contributed by atoms with Crippen LogP contribution in [-0.2, 0) is 5.41 Å². The molecule has 2 heterocycles. The molecule has 12 heteroatoms. The third kappa shape index (κ3) is 6.51. The van der Waals surface area contributed by atoms with Crippen LogP contribution in [0.15, 0.2) is 47.7 Å². The van der Waals surface area contributed by atoms with Gasteiger partial charge in [-0.15, -0.1) is 0 Å². The van der Waals surface area contributed by atoms with Crippen molar-refractivity contribution in [3.05, 3.63) is 54.3 Å². The first kappa shape index (κ1) is 27.2. The number of allylic oxidation sites excluding steroid dienone is 3. The van der Waals surface area contributed by atoms with E-state index in [-0.39, 0.29) is 55.2 Å². The van der Waals surface area contributed by atoms with Crippen LogP contribution in [0.5, 0.6) is 0 Å². The maximum absolute atomic E-state index is 13.8. The maximum Gasteiger partial charge on any atom is 0.286 e. The highest BCUT2D eigenvalue weighted by Gasteiger charge is 2.46. The number of halogens is 4. The SMILES string of the molecule is C=C(N=C(/C=C\C)c1nc(Nc2ccnc(C3(C#N)CC3)c2)nc(NC2CCC(F)(F)CC2)n1)C(C)(F)F. The van der Waals surface area contributed by atoms with Crippen LogP contribution in [0, 0.1) is 11.3 Å². The monoisotopic (exact) mass is 528 g/mol. The van der Waals surface area contributed by atoms with E-state index < -0.39 is 23.0 Å². The Bertz CT molecular complexity index is 1300. The average Bonchev–Trinajstić information content (AvgIpc) is 3.66. The summed E-state index contributed by atoms with van der Waals surface area (Å²) in [5, 5.41) is 15.7. The molecule has 0 spiro atoms. The van der Waals surface area contributed by atoms with Crippen molar-refractivity contribution in [2.24, 2.45) is 4.99 Å². The summed E-state index contributed by atoms with van der Waals surface area (Å²) in [5.74, 6) is -5.82. The number of anilines is 3. The number of hydrogen-bond acceptors (Lipinski definition) is 8. The van der Waals surface area contributed by atoms with E-state index in [1.165, 1.54) is 6.08 Å². The summed E-state index contributed by atoms with van der Waals surface area (Å²) in [7, 11) is 0. The molecule has 2 fully saturated rings. The molecule has 2 aromatic rings. The molecule has 2 saturated carbocycles. The summed E-state index contributed by atoms with van der Waals surface area (Å²) in [4.78, 5) is 21.4. The molecule has 0 saturated heterocycles. The third-order valence-electron chi connectivity index (χ3n) is 6.47. The van der Waals surface area contributed by atoms with Crippen molar-refractivity contribution >= 4 is 23.3 Å². The fourth-order valence-electron chi connectivity index (χ4n) is 3.99. The van der Waals surface area contributed by atoms with E-state index in [0.29, 0.717) is 18.3 Å². The Labute approximate surface area is 218 Å². The highest BCUT2D eigenvalue weighted by atomic mass is 19.3. The van der Waals surface area contributed by atoms with Gasteiger partial charge in [0.15, 0.2) is 5.82 Å². The van der Waals surface area contributed by atoms with Gasteiger partial charge >= 0.3 is 0 Å². The van der Waals surface area contributed by atoms with E-state index in [0.717, 1.165) is 12.8 Å². The lowest BCUT2D eigenvalue weighted by Gasteiger charge is -2.28. The molecule has 0 bridgehead atoms. The predicted octanol–water partition coefficient (Wildman–Crippen LogP) is 6.09. The molecule has 0 aliphatic heterocycles. The van der Waals surface area contributed by atoms with Gasteiger partial charge in [-0.3, -0.25) is 4.98 Å². The minimum absolute atomic E-state index is 0.0143. The molecule has 0 radical (unpaired) electrons. The van der Waals surface area contributed by atoms with E-state index in [1.807, 2.05) is 0 Å². The van der Waals surface area contributed by atoms with Gasteiger partial charge in [-0.2, -0.15) is 29.0 Å². The van der Waals surface area contributed by atoms with Gasteiger partial charge in [-0.05, 0) is 50.8 Å². The van der Waals surface area contributed by atoms with E-state index in [1.54, 1.807) is 31.3 Å². The molecule has 0 aromatic carbocycles. The van der Waals surface area contributed by atoms with Crippen LogP contribution in [0.4, 0.5) is 35.1 Å². The zero-order valence-corrected chi connectivity index (χ0v) is 21.1. The van der Waals surface area contributed by atoms with Gasteiger partial charge in [-0.1, -0.05) is 12.7 Å². The minimum atomic E-state index is -3.26.